The van der Waals surface area contributed by atoms with E-state index in [9.17, 15) is 19.8 Å². The van der Waals surface area contributed by atoms with E-state index >= 15 is 0 Å². The van der Waals surface area contributed by atoms with E-state index in [1.165, 1.54) is 0 Å². The van der Waals surface area contributed by atoms with Gasteiger partial charge < -0.3 is 14.9 Å². The second-order valence-corrected chi connectivity index (χ2v) is 8.25. The summed E-state index contributed by atoms with van der Waals surface area (Å²) in [5.41, 5.74) is 0.409. The van der Waals surface area contributed by atoms with Gasteiger partial charge >= 0.3 is 5.97 Å². The number of allylic oxidation sites excluding steroid dienone is 1. The van der Waals surface area contributed by atoms with Crippen molar-refractivity contribution >= 4 is 11.8 Å². The minimum atomic E-state index is -0.821. The Morgan fingerprint density at radius 1 is 1.36 bits per heavy atom. The van der Waals surface area contributed by atoms with Gasteiger partial charge in [0.1, 0.15) is 12.4 Å². The molecule has 3 rings (SSSR count). The predicted octanol–water partition coefficient (Wildman–Crippen LogP) is 2.17. The summed E-state index contributed by atoms with van der Waals surface area (Å²) in [4.78, 5) is 24.2. The fourth-order valence-corrected chi connectivity index (χ4v) is 5.40. The number of rotatable bonds is 4. The van der Waals surface area contributed by atoms with E-state index in [-0.39, 0.29) is 36.6 Å². The molecule has 1 heterocycles. The van der Waals surface area contributed by atoms with Crippen LogP contribution in [0, 0.1) is 22.7 Å². The monoisotopic (exact) mass is 348 g/mol. The van der Waals surface area contributed by atoms with Crippen molar-refractivity contribution < 1.29 is 24.5 Å². The highest BCUT2D eigenvalue weighted by Crippen LogP contribution is 2.60. The summed E-state index contributed by atoms with van der Waals surface area (Å²) in [7, 11) is 0. The number of aliphatic hydroxyl groups excluding tert-OH is 2. The largest absolute Gasteiger partial charge is 0.458 e. The number of hydrogen-bond donors (Lipinski definition) is 2. The summed E-state index contributed by atoms with van der Waals surface area (Å²) < 4.78 is 4.97. The van der Waals surface area contributed by atoms with Crippen LogP contribution in [-0.2, 0) is 14.3 Å². The maximum Gasteiger partial charge on any atom is 0.334 e. The van der Waals surface area contributed by atoms with Crippen LogP contribution in [0.5, 0.6) is 0 Å². The number of carbonyl (C=O) groups excluding carboxylic acids is 2. The van der Waals surface area contributed by atoms with E-state index in [2.05, 4.69) is 6.58 Å². The third-order valence-electron chi connectivity index (χ3n) is 7.09. The van der Waals surface area contributed by atoms with E-state index in [0.717, 1.165) is 18.4 Å². The standard InChI is InChI=1S/C20H28O5/c1-12-4-7-15-19(2,11-21)16(22)10-17(23)20(15,3)14(12)6-5-13-8-9-25-18(13)24/h8,14-15,17,21,23H,1,4-7,9-11H2,2-3H3/t14-,15-,17-,19+,20+/m1/s1. The van der Waals surface area contributed by atoms with E-state index in [0.29, 0.717) is 25.0 Å². The van der Waals surface area contributed by atoms with Gasteiger partial charge in [0.2, 0.25) is 0 Å². The summed E-state index contributed by atoms with van der Waals surface area (Å²) in [6.45, 7) is 8.22. The first-order valence-corrected chi connectivity index (χ1v) is 9.11. The molecular formula is C20H28O5. The van der Waals surface area contributed by atoms with E-state index in [1.54, 1.807) is 0 Å². The Morgan fingerprint density at radius 2 is 2.08 bits per heavy atom. The van der Waals surface area contributed by atoms with Crippen molar-refractivity contribution in [1.82, 2.24) is 0 Å². The van der Waals surface area contributed by atoms with E-state index in [4.69, 9.17) is 4.74 Å². The Morgan fingerprint density at radius 3 is 2.68 bits per heavy atom. The number of ether oxygens (including phenoxy) is 1. The third kappa shape index (κ3) is 2.68. The van der Waals surface area contributed by atoms with Crippen molar-refractivity contribution in [3.05, 3.63) is 23.8 Å². The molecule has 0 aromatic heterocycles. The molecule has 5 nitrogen and oxygen atoms in total. The van der Waals surface area contributed by atoms with Crippen LogP contribution < -0.4 is 0 Å². The van der Waals surface area contributed by atoms with Crippen LogP contribution in [0.1, 0.15) is 46.0 Å². The fraction of sp³-hybridized carbons (Fsp3) is 0.700. The van der Waals surface area contributed by atoms with Crippen molar-refractivity contribution in [2.75, 3.05) is 13.2 Å². The molecule has 0 saturated heterocycles. The third-order valence-corrected chi connectivity index (χ3v) is 7.09. The Balaban J connectivity index is 1.90. The zero-order chi connectivity index (χ0) is 18.4. The van der Waals surface area contributed by atoms with Gasteiger partial charge in [0, 0.05) is 17.4 Å². The fourth-order valence-electron chi connectivity index (χ4n) is 5.40. The molecule has 0 aromatic carbocycles. The lowest BCUT2D eigenvalue weighted by atomic mass is 9.45. The van der Waals surface area contributed by atoms with Gasteiger partial charge in [-0.2, -0.15) is 0 Å². The number of hydrogen-bond acceptors (Lipinski definition) is 5. The van der Waals surface area contributed by atoms with Gasteiger partial charge in [0.05, 0.1) is 18.1 Å². The van der Waals surface area contributed by atoms with Crippen molar-refractivity contribution in [2.45, 2.75) is 52.1 Å². The maximum atomic E-state index is 12.5. The zero-order valence-electron chi connectivity index (χ0n) is 15.1. The molecule has 3 aliphatic rings. The van der Waals surface area contributed by atoms with Gasteiger partial charge in [0.25, 0.3) is 0 Å². The smallest absolute Gasteiger partial charge is 0.334 e. The van der Waals surface area contributed by atoms with Crippen LogP contribution in [-0.4, -0.2) is 41.3 Å². The van der Waals surface area contributed by atoms with E-state index < -0.39 is 16.9 Å². The zero-order valence-corrected chi connectivity index (χ0v) is 15.1. The summed E-state index contributed by atoms with van der Waals surface area (Å²) >= 11 is 0. The molecule has 0 unspecified atom stereocenters. The van der Waals surface area contributed by atoms with Crippen molar-refractivity contribution in [2.24, 2.45) is 22.7 Å². The summed E-state index contributed by atoms with van der Waals surface area (Å²) in [5.74, 6) is -0.406. The lowest BCUT2D eigenvalue weighted by Crippen LogP contribution is -2.61. The molecule has 0 aromatic rings. The Hall–Kier alpha value is -1.46. The van der Waals surface area contributed by atoms with Gasteiger partial charge in [-0.15, -0.1) is 0 Å². The first-order chi connectivity index (χ1) is 11.7. The minimum Gasteiger partial charge on any atom is -0.458 e. The van der Waals surface area contributed by atoms with Crippen molar-refractivity contribution in [3.8, 4) is 0 Å². The molecule has 2 N–H and O–H groups in total. The number of fused-ring (bicyclic) bond motifs is 1. The van der Waals surface area contributed by atoms with Crippen LogP contribution in [0.2, 0.25) is 0 Å². The number of cyclic esters (lactones) is 1. The highest BCUT2D eigenvalue weighted by molar-refractivity contribution is 5.90. The molecule has 0 amide bonds. The van der Waals surface area contributed by atoms with Gasteiger partial charge in [-0.25, -0.2) is 4.79 Å². The average Bonchev–Trinajstić information content (AvgIpc) is 2.98. The predicted molar refractivity (Wildman–Crippen MR) is 92.6 cm³/mol. The topological polar surface area (TPSA) is 83.8 Å². The number of ketones is 1. The van der Waals surface area contributed by atoms with Crippen LogP contribution >= 0.6 is 0 Å². The molecule has 0 radical (unpaired) electrons. The second-order valence-electron chi connectivity index (χ2n) is 8.25. The maximum absolute atomic E-state index is 12.5. The lowest BCUT2D eigenvalue weighted by Gasteiger charge is -2.59. The quantitative estimate of drug-likeness (QED) is 0.601. The number of aliphatic hydroxyl groups is 2. The Bertz CT molecular complexity index is 636. The number of carbonyl (C=O) groups is 2. The molecule has 138 valence electrons. The van der Waals surface area contributed by atoms with Crippen LogP contribution in [0.3, 0.4) is 0 Å². The molecule has 1 aliphatic heterocycles. The number of esters is 1. The summed E-state index contributed by atoms with van der Waals surface area (Å²) in [6, 6.07) is 0. The normalized spacial score (nSPS) is 41.4. The van der Waals surface area contributed by atoms with Gasteiger partial charge in [-0.1, -0.05) is 26.0 Å². The molecular weight excluding hydrogens is 320 g/mol. The van der Waals surface area contributed by atoms with E-state index in [1.807, 2.05) is 19.9 Å². The minimum absolute atomic E-state index is 0.00882. The Labute approximate surface area is 148 Å². The van der Waals surface area contributed by atoms with Crippen LogP contribution in [0.4, 0.5) is 0 Å². The Kier molecular flexibility index (Phi) is 4.67. The lowest BCUT2D eigenvalue weighted by molar-refractivity contribution is -0.173. The molecule has 0 spiro atoms. The van der Waals surface area contributed by atoms with Crippen LogP contribution in [0.25, 0.3) is 0 Å². The summed E-state index contributed by atoms with van der Waals surface area (Å²) in [6.07, 6.45) is 3.93. The van der Waals surface area contributed by atoms with Crippen molar-refractivity contribution in [3.63, 3.8) is 0 Å². The first-order valence-electron chi connectivity index (χ1n) is 9.11. The molecule has 2 saturated carbocycles. The summed E-state index contributed by atoms with van der Waals surface area (Å²) in [5, 5.41) is 20.8. The highest BCUT2D eigenvalue weighted by atomic mass is 16.5. The highest BCUT2D eigenvalue weighted by Gasteiger charge is 2.61. The molecule has 25 heavy (non-hydrogen) atoms. The number of Topliss-reactive ketones (excluding diaryl/α,β-unsaturated/α-hetero) is 1. The second kappa shape index (κ2) is 6.36. The van der Waals surface area contributed by atoms with Crippen LogP contribution in [0.15, 0.2) is 23.8 Å². The van der Waals surface area contributed by atoms with Gasteiger partial charge in [-0.3, -0.25) is 4.79 Å². The molecule has 2 aliphatic carbocycles. The van der Waals surface area contributed by atoms with Crippen molar-refractivity contribution in [1.29, 1.82) is 0 Å². The average molecular weight is 348 g/mol. The SMILES string of the molecule is C=C1CC[C@H]2[C@@](C)([C@H](O)CC(=O)[C@@]2(C)CO)[C@@H]1CCC1=CCOC1=O. The molecule has 5 atom stereocenters. The first kappa shape index (κ1) is 18.3. The molecule has 5 heteroatoms. The van der Waals surface area contributed by atoms with Gasteiger partial charge in [0.15, 0.2) is 0 Å². The molecule has 0 bridgehead atoms. The molecule has 2 fully saturated rings. The van der Waals surface area contributed by atoms with Gasteiger partial charge in [-0.05, 0) is 43.6 Å².